The molecule has 19 heavy (non-hydrogen) atoms. The first-order valence-electron chi connectivity index (χ1n) is 6.21. The van der Waals surface area contributed by atoms with Gasteiger partial charge in [0.1, 0.15) is 5.82 Å². The molecule has 0 aromatic heterocycles. The lowest BCUT2D eigenvalue weighted by atomic mass is 10.1. The summed E-state index contributed by atoms with van der Waals surface area (Å²) in [5.74, 6) is -0.372. The van der Waals surface area contributed by atoms with E-state index in [4.69, 9.17) is 10.8 Å². The summed E-state index contributed by atoms with van der Waals surface area (Å²) in [7, 11) is 0. The summed E-state index contributed by atoms with van der Waals surface area (Å²) in [6.07, 6.45) is -0.933. The van der Waals surface area contributed by atoms with Crippen molar-refractivity contribution in [2.75, 3.05) is 23.7 Å². The molecule has 5 nitrogen and oxygen atoms in total. The summed E-state index contributed by atoms with van der Waals surface area (Å²) >= 11 is 0. The number of rotatable bonds is 1. The largest absolute Gasteiger partial charge is 0.465 e. The number of halogens is 1. The van der Waals surface area contributed by atoms with Crippen LogP contribution in [0.2, 0.25) is 0 Å². The summed E-state index contributed by atoms with van der Waals surface area (Å²) in [6.45, 7) is 4.59. The molecule has 1 aliphatic heterocycles. The second-order valence-electron chi connectivity index (χ2n) is 5.00. The smallest absolute Gasteiger partial charge is 0.407 e. The van der Waals surface area contributed by atoms with Gasteiger partial charge in [0.25, 0.3) is 0 Å². The molecule has 2 atom stereocenters. The van der Waals surface area contributed by atoms with E-state index in [1.165, 1.54) is 11.0 Å². The SMILES string of the molecule is CC1CN(c2ccc(N)cc2F)CC(C)N1C(=O)O. The average Bonchev–Trinajstić information content (AvgIpc) is 2.26. The lowest BCUT2D eigenvalue weighted by molar-refractivity contribution is 0.0981. The standard InChI is InChI=1S/C13H18FN3O2/c1-8-6-16(7-9(2)17(8)13(18)19)12-4-3-10(15)5-11(12)14/h3-5,8-9H,6-7,15H2,1-2H3,(H,18,19). The van der Waals surface area contributed by atoms with E-state index in [1.807, 2.05) is 18.7 Å². The number of hydrogen-bond acceptors (Lipinski definition) is 3. The van der Waals surface area contributed by atoms with Gasteiger partial charge in [-0.05, 0) is 32.0 Å². The van der Waals surface area contributed by atoms with Crippen molar-refractivity contribution in [2.45, 2.75) is 25.9 Å². The minimum absolute atomic E-state index is 0.182. The van der Waals surface area contributed by atoms with Gasteiger partial charge in [0.2, 0.25) is 0 Å². The van der Waals surface area contributed by atoms with E-state index >= 15 is 0 Å². The van der Waals surface area contributed by atoms with Crippen LogP contribution in [0.4, 0.5) is 20.6 Å². The molecule has 1 aliphatic rings. The van der Waals surface area contributed by atoms with Crippen LogP contribution < -0.4 is 10.6 Å². The number of piperazine rings is 1. The van der Waals surface area contributed by atoms with E-state index in [2.05, 4.69) is 0 Å². The van der Waals surface area contributed by atoms with Gasteiger partial charge in [-0.3, -0.25) is 4.90 Å². The summed E-state index contributed by atoms with van der Waals surface area (Å²) in [5.41, 5.74) is 6.38. The minimum atomic E-state index is -0.933. The predicted octanol–water partition coefficient (Wildman–Crippen LogP) is 1.98. The fourth-order valence-electron chi connectivity index (χ4n) is 2.68. The Kier molecular flexibility index (Phi) is 3.50. The number of carboxylic acid groups (broad SMARTS) is 1. The van der Waals surface area contributed by atoms with Crippen molar-refractivity contribution in [1.82, 2.24) is 4.90 Å². The van der Waals surface area contributed by atoms with E-state index in [9.17, 15) is 9.18 Å². The van der Waals surface area contributed by atoms with Crippen LogP contribution in [-0.2, 0) is 0 Å². The number of benzene rings is 1. The van der Waals surface area contributed by atoms with Crippen LogP contribution in [0.15, 0.2) is 18.2 Å². The Morgan fingerprint density at radius 1 is 1.37 bits per heavy atom. The molecule has 0 bridgehead atoms. The van der Waals surface area contributed by atoms with Gasteiger partial charge in [-0.25, -0.2) is 9.18 Å². The van der Waals surface area contributed by atoms with Crippen LogP contribution in [0.25, 0.3) is 0 Å². The highest BCUT2D eigenvalue weighted by atomic mass is 19.1. The molecule has 0 spiro atoms. The maximum Gasteiger partial charge on any atom is 0.407 e. The quantitative estimate of drug-likeness (QED) is 0.763. The number of nitrogens with two attached hydrogens (primary N) is 1. The third-order valence-corrected chi connectivity index (χ3v) is 3.45. The normalized spacial score (nSPS) is 23.5. The molecule has 0 saturated carbocycles. The summed E-state index contributed by atoms with van der Waals surface area (Å²) in [5, 5.41) is 9.14. The zero-order valence-electron chi connectivity index (χ0n) is 11.0. The van der Waals surface area contributed by atoms with E-state index in [1.54, 1.807) is 12.1 Å². The van der Waals surface area contributed by atoms with Crippen molar-refractivity contribution in [3.05, 3.63) is 24.0 Å². The minimum Gasteiger partial charge on any atom is -0.465 e. The van der Waals surface area contributed by atoms with Crippen LogP contribution in [0.1, 0.15) is 13.8 Å². The number of amides is 1. The molecule has 0 aliphatic carbocycles. The monoisotopic (exact) mass is 267 g/mol. The van der Waals surface area contributed by atoms with E-state index in [-0.39, 0.29) is 17.9 Å². The molecule has 2 rings (SSSR count). The third-order valence-electron chi connectivity index (χ3n) is 3.45. The van der Waals surface area contributed by atoms with Crippen LogP contribution >= 0.6 is 0 Å². The van der Waals surface area contributed by atoms with Crippen LogP contribution in [0.5, 0.6) is 0 Å². The zero-order chi connectivity index (χ0) is 14.2. The lowest BCUT2D eigenvalue weighted by Gasteiger charge is -2.43. The highest BCUT2D eigenvalue weighted by Gasteiger charge is 2.33. The average molecular weight is 267 g/mol. The first kappa shape index (κ1) is 13.5. The van der Waals surface area contributed by atoms with Crippen LogP contribution in [-0.4, -0.2) is 41.3 Å². The van der Waals surface area contributed by atoms with Crippen molar-refractivity contribution in [3.8, 4) is 0 Å². The Hall–Kier alpha value is -1.98. The molecule has 104 valence electrons. The number of nitrogen functional groups attached to an aromatic ring is 1. The lowest BCUT2D eigenvalue weighted by Crippen LogP contribution is -2.58. The second kappa shape index (κ2) is 4.95. The van der Waals surface area contributed by atoms with Gasteiger partial charge in [-0.15, -0.1) is 0 Å². The number of nitrogens with zero attached hydrogens (tertiary/aromatic N) is 2. The van der Waals surface area contributed by atoms with Gasteiger partial charge < -0.3 is 15.7 Å². The maximum atomic E-state index is 13.9. The first-order valence-corrected chi connectivity index (χ1v) is 6.21. The highest BCUT2D eigenvalue weighted by Crippen LogP contribution is 2.26. The molecule has 6 heteroatoms. The number of hydrogen-bond donors (Lipinski definition) is 2. The second-order valence-corrected chi connectivity index (χ2v) is 5.00. The summed E-state index contributed by atoms with van der Waals surface area (Å²) in [4.78, 5) is 14.4. The molecule has 0 radical (unpaired) electrons. The molecule has 3 N–H and O–H groups in total. The van der Waals surface area contributed by atoms with Crippen LogP contribution in [0.3, 0.4) is 0 Å². The molecule has 1 aromatic carbocycles. The zero-order valence-corrected chi connectivity index (χ0v) is 11.0. The fraction of sp³-hybridized carbons (Fsp3) is 0.462. The van der Waals surface area contributed by atoms with Crippen LogP contribution in [0, 0.1) is 5.82 Å². The van der Waals surface area contributed by atoms with Gasteiger partial charge in [-0.1, -0.05) is 0 Å². The highest BCUT2D eigenvalue weighted by molar-refractivity contribution is 5.67. The third kappa shape index (κ3) is 2.57. The Morgan fingerprint density at radius 3 is 2.42 bits per heavy atom. The molecule has 1 amide bonds. The molecule has 1 saturated heterocycles. The Bertz CT molecular complexity index is 483. The van der Waals surface area contributed by atoms with Crippen molar-refractivity contribution in [2.24, 2.45) is 0 Å². The predicted molar refractivity (Wildman–Crippen MR) is 71.8 cm³/mol. The van der Waals surface area contributed by atoms with E-state index in [0.717, 1.165) is 0 Å². The molecule has 2 unspecified atom stereocenters. The van der Waals surface area contributed by atoms with Crippen molar-refractivity contribution >= 4 is 17.5 Å². The number of anilines is 2. The fourth-order valence-corrected chi connectivity index (χ4v) is 2.68. The van der Waals surface area contributed by atoms with E-state index in [0.29, 0.717) is 24.5 Å². The van der Waals surface area contributed by atoms with Crippen molar-refractivity contribution < 1.29 is 14.3 Å². The Balaban J connectivity index is 2.22. The van der Waals surface area contributed by atoms with Crippen molar-refractivity contribution in [3.63, 3.8) is 0 Å². The molecule has 1 heterocycles. The van der Waals surface area contributed by atoms with E-state index < -0.39 is 6.09 Å². The Labute approximate surface area is 111 Å². The number of carbonyl (C=O) groups is 1. The molecular formula is C13H18FN3O2. The Morgan fingerprint density at radius 2 is 1.95 bits per heavy atom. The first-order chi connectivity index (χ1) is 8.90. The maximum absolute atomic E-state index is 13.9. The van der Waals surface area contributed by atoms with Gasteiger partial charge >= 0.3 is 6.09 Å². The molecule has 1 aromatic rings. The van der Waals surface area contributed by atoms with Gasteiger partial charge in [0.05, 0.1) is 17.8 Å². The van der Waals surface area contributed by atoms with Gasteiger partial charge in [0, 0.05) is 18.8 Å². The molecule has 1 fully saturated rings. The van der Waals surface area contributed by atoms with Gasteiger partial charge in [-0.2, -0.15) is 0 Å². The molecular weight excluding hydrogens is 249 g/mol. The van der Waals surface area contributed by atoms with Gasteiger partial charge in [0.15, 0.2) is 0 Å². The van der Waals surface area contributed by atoms with Crippen molar-refractivity contribution in [1.29, 1.82) is 0 Å². The topological polar surface area (TPSA) is 69.8 Å². The summed E-state index contributed by atoms with van der Waals surface area (Å²) < 4.78 is 13.9. The summed E-state index contributed by atoms with van der Waals surface area (Å²) in [6, 6.07) is 4.21.